The molecule has 3 aromatic rings. The second-order valence-electron chi connectivity index (χ2n) is 6.68. The third kappa shape index (κ3) is 3.43. The summed E-state index contributed by atoms with van der Waals surface area (Å²) < 4.78 is 31.5. The molecule has 1 aliphatic rings. The highest BCUT2D eigenvalue weighted by Gasteiger charge is 2.39. The van der Waals surface area contributed by atoms with Gasteiger partial charge in [0, 0.05) is 11.1 Å². The molecule has 0 bridgehead atoms. The Bertz CT molecular complexity index is 1240. The zero-order valence-electron chi connectivity index (χ0n) is 17.3. The number of Topliss-reactive ketones (excluding diaryl/α,β-unsaturated/α-hetero) is 1. The van der Waals surface area contributed by atoms with Gasteiger partial charge in [0.15, 0.2) is 17.3 Å². The molecule has 2 heterocycles. The predicted octanol–water partition coefficient (Wildman–Crippen LogP) is 2.15. The van der Waals surface area contributed by atoms with E-state index >= 15 is 0 Å². The fourth-order valence-corrected chi connectivity index (χ4v) is 3.51. The highest BCUT2D eigenvalue weighted by molar-refractivity contribution is 6.15. The monoisotopic (exact) mass is 439 g/mol. The van der Waals surface area contributed by atoms with Crippen molar-refractivity contribution >= 4 is 17.7 Å². The standard InChI is InChI=1S/C21H18FN5O5/c1-30-14-9-8-11(10-15(14)31-2)19(28)16-17(20(29)32-3)23-21-24-25-26-27(21)18(16)12-6-4-5-7-13(12)22/h4-10,18H,1-3H3,(H,23,24,26)/t18-/m1/s1. The fraction of sp³-hybridized carbons (Fsp3) is 0.190. The predicted molar refractivity (Wildman–Crippen MR) is 109 cm³/mol. The molecular weight excluding hydrogens is 421 g/mol. The van der Waals surface area contributed by atoms with Crippen molar-refractivity contribution < 1.29 is 28.2 Å². The Morgan fingerprint density at radius 3 is 2.50 bits per heavy atom. The molecule has 0 saturated heterocycles. The van der Waals surface area contributed by atoms with Gasteiger partial charge in [-0.1, -0.05) is 23.3 Å². The molecule has 1 aromatic heterocycles. The van der Waals surface area contributed by atoms with E-state index in [9.17, 15) is 14.0 Å². The molecule has 0 spiro atoms. The van der Waals surface area contributed by atoms with Gasteiger partial charge in [-0.05, 0) is 34.7 Å². The van der Waals surface area contributed by atoms with Crippen LogP contribution in [0.5, 0.6) is 11.5 Å². The van der Waals surface area contributed by atoms with E-state index in [4.69, 9.17) is 14.2 Å². The van der Waals surface area contributed by atoms with Crippen LogP contribution in [0.2, 0.25) is 0 Å². The molecule has 10 nitrogen and oxygen atoms in total. The molecule has 0 unspecified atom stereocenters. The van der Waals surface area contributed by atoms with Crippen LogP contribution in [0.4, 0.5) is 10.3 Å². The number of aromatic nitrogens is 4. The molecule has 11 heteroatoms. The number of nitrogens with one attached hydrogen (secondary N) is 1. The van der Waals surface area contributed by atoms with Gasteiger partial charge >= 0.3 is 5.97 Å². The number of benzene rings is 2. The van der Waals surface area contributed by atoms with Crippen LogP contribution in [0.15, 0.2) is 53.7 Å². The Labute approximate surface area is 181 Å². The molecule has 1 aliphatic heterocycles. The Morgan fingerprint density at radius 1 is 1.06 bits per heavy atom. The molecule has 0 amide bonds. The quantitative estimate of drug-likeness (QED) is 0.455. The molecule has 0 saturated carbocycles. The first-order valence-electron chi connectivity index (χ1n) is 9.38. The van der Waals surface area contributed by atoms with Gasteiger partial charge in [0.1, 0.15) is 17.6 Å². The van der Waals surface area contributed by atoms with E-state index in [1.807, 2.05) is 0 Å². The van der Waals surface area contributed by atoms with E-state index in [2.05, 4.69) is 20.8 Å². The number of ketones is 1. The Kier molecular flexibility index (Phi) is 5.54. The molecule has 32 heavy (non-hydrogen) atoms. The summed E-state index contributed by atoms with van der Waals surface area (Å²) >= 11 is 0. The number of nitrogens with zero attached hydrogens (tertiary/aromatic N) is 4. The smallest absolute Gasteiger partial charge is 0.355 e. The lowest BCUT2D eigenvalue weighted by Gasteiger charge is -2.28. The van der Waals surface area contributed by atoms with Gasteiger partial charge in [-0.2, -0.15) is 4.68 Å². The largest absolute Gasteiger partial charge is 0.493 e. The maximum absolute atomic E-state index is 14.9. The minimum absolute atomic E-state index is 0.0579. The van der Waals surface area contributed by atoms with Crippen molar-refractivity contribution in [2.45, 2.75) is 6.04 Å². The summed E-state index contributed by atoms with van der Waals surface area (Å²) in [6, 6.07) is 9.28. The zero-order chi connectivity index (χ0) is 22.8. The van der Waals surface area contributed by atoms with E-state index in [0.29, 0.717) is 11.5 Å². The number of tetrazole rings is 1. The lowest BCUT2D eigenvalue weighted by Crippen LogP contribution is -2.33. The lowest BCUT2D eigenvalue weighted by molar-refractivity contribution is -0.136. The molecule has 2 aromatic carbocycles. The number of allylic oxidation sites excluding steroid dienone is 1. The maximum atomic E-state index is 14.9. The number of carbonyl (C=O) groups excluding carboxylic acids is 2. The second kappa shape index (κ2) is 8.46. The van der Waals surface area contributed by atoms with Crippen LogP contribution in [0.25, 0.3) is 0 Å². The number of halogens is 1. The van der Waals surface area contributed by atoms with Crippen molar-refractivity contribution in [3.63, 3.8) is 0 Å². The van der Waals surface area contributed by atoms with Crippen LogP contribution in [0.3, 0.4) is 0 Å². The van der Waals surface area contributed by atoms with E-state index in [-0.39, 0.29) is 28.3 Å². The van der Waals surface area contributed by atoms with Gasteiger partial charge in [0.25, 0.3) is 0 Å². The minimum atomic E-state index is -1.13. The van der Waals surface area contributed by atoms with E-state index in [1.54, 1.807) is 12.1 Å². The van der Waals surface area contributed by atoms with Gasteiger partial charge in [0.05, 0.1) is 26.9 Å². The van der Waals surface area contributed by atoms with Gasteiger partial charge in [-0.3, -0.25) is 4.79 Å². The molecular formula is C21H18FN5O5. The summed E-state index contributed by atoms with van der Waals surface area (Å²) in [5, 5.41) is 14.1. The maximum Gasteiger partial charge on any atom is 0.355 e. The van der Waals surface area contributed by atoms with Crippen LogP contribution >= 0.6 is 0 Å². The van der Waals surface area contributed by atoms with Crippen LogP contribution in [-0.4, -0.2) is 53.3 Å². The zero-order valence-corrected chi connectivity index (χ0v) is 17.3. The van der Waals surface area contributed by atoms with Crippen LogP contribution < -0.4 is 14.8 Å². The third-order valence-electron chi connectivity index (χ3n) is 5.00. The first-order valence-corrected chi connectivity index (χ1v) is 9.38. The number of ether oxygens (including phenoxy) is 3. The average molecular weight is 439 g/mol. The summed E-state index contributed by atoms with van der Waals surface area (Å²) in [5.74, 6) is -1.21. The summed E-state index contributed by atoms with van der Waals surface area (Å²) in [6.07, 6.45) is 0. The molecule has 164 valence electrons. The number of carbonyl (C=O) groups is 2. The molecule has 1 atom stereocenters. The Morgan fingerprint density at radius 2 is 1.81 bits per heavy atom. The number of rotatable bonds is 6. The first-order chi connectivity index (χ1) is 15.5. The summed E-state index contributed by atoms with van der Waals surface area (Å²) in [7, 11) is 4.07. The highest BCUT2D eigenvalue weighted by atomic mass is 19.1. The fourth-order valence-electron chi connectivity index (χ4n) is 3.51. The number of hydrogen-bond donors (Lipinski definition) is 1. The third-order valence-corrected chi connectivity index (χ3v) is 5.00. The summed E-state index contributed by atoms with van der Waals surface area (Å²) in [5.41, 5.74) is 0.00306. The van der Waals surface area contributed by atoms with Crippen molar-refractivity contribution in [2.24, 2.45) is 0 Å². The Balaban J connectivity index is 1.95. The van der Waals surface area contributed by atoms with E-state index < -0.39 is 23.6 Å². The van der Waals surface area contributed by atoms with Crippen LogP contribution in [0, 0.1) is 5.82 Å². The second-order valence-corrected chi connectivity index (χ2v) is 6.68. The number of methoxy groups -OCH3 is 3. The van der Waals surface area contributed by atoms with Crippen molar-refractivity contribution in [3.8, 4) is 11.5 Å². The van der Waals surface area contributed by atoms with Crippen LogP contribution in [0.1, 0.15) is 22.0 Å². The van der Waals surface area contributed by atoms with Crippen molar-refractivity contribution in [1.82, 2.24) is 20.2 Å². The first kappa shape index (κ1) is 21.0. The number of anilines is 1. The van der Waals surface area contributed by atoms with Crippen molar-refractivity contribution in [2.75, 3.05) is 26.6 Å². The average Bonchev–Trinajstić information content (AvgIpc) is 3.30. The molecule has 0 aliphatic carbocycles. The topological polar surface area (TPSA) is 117 Å². The number of fused-ring (bicyclic) bond motifs is 1. The van der Waals surface area contributed by atoms with E-state index in [0.717, 1.165) is 0 Å². The van der Waals surface area contributed by atoms with Crippen molar-refractivity contribution in [3.05, 3.63) is 70.7 Å². The minimum Gasteiger partial charge on any atom is -0.493 e. The molecule has 1 N–H and O–H groups in total. The number of hydrogen-bond acceptors (Lipinski definition) is 9. The van der Waals surface area contributed by atoms with Gasteiger partial charge in [-0.25, -0.2) is 9.18 Å². The normalized spacial score (nSPS) is 14.9. The summed E-state index contributed by atoms with van der Waals surface area (Å²) in [4.78, 5) is 26.3. The van der Waals surface area contributed by atoms with Gasteiger partial charge in [0.2, 0.25) is 5.95 Å². The SMILES string of the molecule is COC(=O)C1=C(C(=O)c2ccc(OC)c(OC)c2)[C@@H](c2ccccc2F)n2nnnc2N1. The van der Waals surface area contributed by atoms with Gasteiger partial charge < -0.3 is 19.5 Å². The Hall–Kier alpha value is -4.28. The lowest BCUT2D eigenvalue weighted by atomic mass is 9.89. The van der Waals surface area contributed by atoms with Gasteiger partial charge in [-0.15, -0.1) is 0 Å². The molecule has 0 fully saturated rings. The van der Waals surface area contributed by atoms with Crippen molar-refractivity contribution in [1.29, 1.82) is 0 Å². The highest BCUT2D eigenvalue weighted by Crippen LogP contribution is 2.38. The molecule has 4 rings (SSSR count). The number of esters is 1. The van der Waals surface area contributed by atoms with E-state index in [1.165, 1.54) is 56.3 Å². The summed E-state index contributed by atoms with van der Waals surface area (Å²) in [6.45, 7) is 0. The molecule has 0 radical (unpaired) electrons. The van der Waals surface area contributed by atoms with Crippen LogP contribution in [-0.2, 0) is 9.53 Å².